The third kappa shape index (κ3) is 5.90. The highest BCUT2D eigenvalue weighted by Crippen LogP contribution is 2.63. The molecule has 0 radical (unpaired) electrons. The number of rotatable bonds is 10. The van der Waals surface area contributed by atoms with E-state index in [0.29, 0.717) is 0 Å². The van der Waals surface area contributed by atoms with Crippen molar-refractivity contribution in [1.29, 1.82) is 0 Å². The van der Waals surface area contributed by atoms with Crippen LogP contribution in [0.5, 0.6) is 0 Å². The van der Waals surface area contributed by atoms with Gasteiger partial charge in [-0.3, -0.25) is 4.90 Å². The van der Waals surface area contributed by atoms with Crippen LogP contribution in [-0.4, -0.2) is 18.0 Å². The molecule has 1 nitrogen and oxygen atoms in total. The summed E-state index contributed by atoms with van der Waals surface area (Å²) in [4.78, 5) is 2.49. The summed E-state index contributed by atoms with van der Waals surface area (Å²) < 4.78 is 0. The van der Waals surface area contributed by atoms with Crippen LogP contribution >= 0.6 is 7.53 Å². The quantitative estimate of drug-likeness (QED) is 0.160. The Bertz CT molecular complexity index is 1620. The standard InChI is InChI=1S/C40H38NP/c1-3-41(4-2)29-31-18-17-19-32(28-31)30-42-39(35-24-13-7-14-25-35)37(33-20-9-5-10-21-33)38(34-22-11-6-12-23-34)40(42)36-26-15-8-16-27-36/h5-28H,3-4,29-30H2,1-2H3. The van der Waals surface area contributed by atoms with Crippen LogP contribution in [0.4, 0.5) is 0 Å². The molecule has 6 aromatic rings. The van der Waals surface area contributed by atoms with Gasteiger partial charge in [0.1, 0.15) is 0 Å². The predicted molar refractivity (Wildman–Crippen MR) is 183 cm³/mol. The normalized spacial score (nSPS) is 11.2. The van der Waals surface area contributed by atoms with Gasteiger partial charge in [-0.1, -0.05) is 159 Å². The summed E-state index contributed by atoms with van der Waals surface area (Å²) in [6.45, 7) is 7.62. The van der Waals surface area contributed by atoms with E-state index in [4.69, 9.17) is 0 Å². The molecule has 42 heavy (non-hydrogen) atoms. The second-order valence-electron chi connectivity index (χ2n) is 10.8. The lowest BCUT2D eigenvalue weighted by molar-refractivity contribution is 0.296. The van der Waals surface area contributed by atoms with Crippen LogP contribution in [0.2, 0.25) is 0 Å². The van der Waals surface area contributed by atoms with Gasteiger partial charge in [0.05, 0.1) is 0 Å². The molecule has 0 amide bonds. The molecule has 1 heterocycles. The predicted octanol–water partition coefficient (Wildman–Crippen LogP) is 11.2. The maximum atomic E-state index is 2.49. The molecular formula is C40H38NP. The van der Waals surface area contributed by atoms with Crippen LogP contribution in [0.3, 0.4) is 0 Å². The maximum absolute atomic E-state index is 2.49. The molecule has 1 aromatic heterocycles. The van der Waals surface area contributed by atoms with Gasteiger partial charge in [-0.25, -0.2) is 0 Å². The van der Waals surface area contributed by atoms with Gasteiger partial charge >= 0.3 is 0 Å². The maximum Gasteiger partial charge on any atom is 0.0233 e. The minimum Gasteiger partial charge on any atom is -0.300 e. The SMILES string of the molecule is CCN(CC)Cc1cccc(Cp2c(-c3ccccc3)c(-c3ccccc3)c(-c3ccccc3)c2-c2ccccc2)c1. The van der Waals surface area contributed by atoms with Crippen molar-refractivity contribution in [2.75, 3.05) is 13.1 Å². The monoisotopic (exact) mass is 563 g/mol. The Labute approximate surface area is 252 Å². The van der Waals surface area contributed by atoms with Crippen molar-refractivity contribution in [3.8, 4) is 44.0 Å². The van der Waals surface area contributed by atoms with Crippen molar-refractivity contribution in [1.82, 2.24) is 4.90 Å². The van der Waals surface area contributed by atoms with Gasteiger partial charge in [0.2, 0.25) is 0 Å². The average molecular weight is 564 g/mol. The van der Waals surface area contributed by atoms with Crippen LogP contribution in [0.1, 0.15) is 25.0 Å². The molecule has 0 fully saturated rings. The van der Waals surface area contributed by atoms with Crippen LogP contribution in [0.25, 0.3) is 44.0 Å². The van der Waals surface area contributed by atoms with Crippen LogP contribution in [0, 0.1) is 0 Å². The molecule has 0 bridgehead atoms. The van der Waals surface area contributed by atoms with Crippen molar-refractivity contribution < 1.29 is 0 Å². The van der Waals surface area contributed by atoms with Gasteiger partial charge in [-0.15, -0.1) is 7.53 Å². The van der Waals surface area contributed by atoms with Gasteiger partial charge < -0.3 is 0 Å². The van der Waals surface area contributed by atoms with Gasteiger partial charge in [-0.2, -0.15) is 0 Å². The highest BCUT2D eigenvalue weighted by Gasteiger charge is 2.27. The highest BCUT2D eigenvalue weighted by atomic mass is 31.1. The van der Waals surface area contributed by atoms with E-state index in [0.717, 1.165) is 25.8 Å². The number of nitrogens with zero attached hydrogens (tertiary/aromatic N) is 1. The molecule has 0 saturated carbocycles. The molecule has 0 atom stereocenters. The topological polar surface area (TPSA) is 3.24 Å². The van der Waals surface area contributed by atoms with Crippen molar-refractivity contribution in [3.63, 3.8) is 0 Å². The smallest absolute Gasteiger partial charge is 0.0233 e. The van der Waals surface area contributed by atoms with E-state index in [9.17, 15) is 0 Å². The molecule has 0 aliphatic rings. The van der Waals surface area contributed by atoms with E-state index < -0.39 is 7.53 Å². The zero-order valence-corrected chi connectivity index (χ0v) is 25.5. The summed E-state index contributed by atoms with van der Waals surface area (Å²) in [5.74, 6) is 0. The first-order valence-corrected chi connectivity index (χ1v) is 16.6. The van der Waals surface area contributed by atoms with Gasteiger partial charge in [0, 0.05) is 34.4 Å². The Balaban J connectivity index is 1.66. The third-order valence-corrected chi connectivity index (χ3v) is 10.8. The van der Waals surface area contributed by atoms with Crippen molar-refractivity contribution in [3.05, 3.63) is 157 Å². The molecule has 0 saturated heterocycles. The zero-order chi connectivity index (χ0) is 28.7. The van der Waals surface area contributed by atoms with E-state index in [1.165, 1.54) is 55.1 Å². The summed E-state index contributed by atoms with van der Waals surface area (Å²) >= 11 is 0. The third-order valence-electron chi connectivity index (χ3n) is 8.12. The van der Waals surface area contributed by atoms with E-state index in [1.807, 2.05) is 0 Å². The largest absolute Gasteiger partial charge is 0.300 e. The van der Waals surface area contributed by atoms with Crippen LogP contribution < -0.4 is 0 Å². The molecule has 0 spiro atoms. The van der Waals surface area contributed by atoms with Gasteiger partial charge in [0.25, 0.3) is 0 Å². The highest BCUT2D eigenvalue weighted by molar-refractivity contribution is 7.56. The van der Waals surface area contributed by atoms with E-state index >= 15 is 0 Å². The number of hydrogen-bond donors (Lipinski definition) is 0. The van der Waals surface area contributed by atoms with Crippen molar-refractivity contribution >= 4 is 7.53 Å². The Morgan fingerprint density at radius 1 is 0.452 bits per heavy atom. The fraction of sp³-hybridized carbons (Fsp3) is 0.150. The van der Waals surface area contributed by atoms with Crippen molar-refractivity contribution in [2.24, 2.45) is 0 Å². The summed E-state index contributed by atoms with van der Waals surface area (Å²) in [6.07, 6.45) is 1.00. The first kappa shape index (κ1) is 28.0. The lowest BCUT2D eigenvalue weighted by Crippen LogP contribution is -2.22. The van der Waals surface area contributed by atoms with Crippen LogP contribution in [-0.2, 0) is 12.7 Å². The number of hydrogen-bond acceptors (Lipinski definition) is 1. The van der Waals surface area contributed by atoms with Crippen LogP contribution in [0.15, 0.2) is 146 Å². The van der Waals surface area contributed by atoms with Crippen molar-refractivity contribution in [2.45, 2.75) is 26.6 Å². The average Bonchev–Trinajstić information content (AvgIpc) is 3.40. The summed E-state index contributed by atoms with van der Waals surface area (Å²) in [6, 6.07) is 53.6. The molecular weight excluding hydrogens is 525 g/mol. The zero-order valence-electron chi connectivity index (χ0n) is 24.6. The molecule has 0 aliphatic heterocycles. The molecule has 0 N–H and O–H groups in total. The minimum absolute atomic E-state index is 0.721. The second-order valence-corrected chi connectivity index (χ2v) is 12.8. The molecule has 2 heteroatoms. The summed E-state index contributed by atoms with van der Waals surface area (Å²) in [5.41, 5.74) is 10.8. The van der Waals surface area contributed by atoms with Gasteiger partial charge in [-0.05, 0) is 46.5 Å². The first-order chi connectivity index (χ1) is 20.8. The Morgan fingerprint density at radius 3 is 1.29 bits per heavy atom. The molecule has 208 valence electrons. The summed E-state index contributed by atoms with van der Waals surface area (Å²) in [5, 5.41) is 2.95. The molecule has 6 rings (SSSR count). The molecule has 0 unspecified atom stereocenters. The Morgan fingerprint density at radius 2 is 0.857 bits per heavy atom. The Hall–Kier alpha value is -4.16. The number of benzene rings is 5. The fourth-order valence-electron chi connectivity index (χ4n) is 6.06. The van der Waals surface area contributed by atoms with E-state index in [1.54, 1.807) is 0 Å². The fourth-order valence-corrected chi connectivity index (χ4v) is 9.10. The minimum atomic E-state index is -0.721. The molecule has 5 aromatic carbocycles. The summed E-state index contributed by atoms with van der Waals surface area (Å²) in [7, 11) is -0.721. The molecule has 0 aliphatic carbocycles. The van der Waals surface area contributed by atoms with E-state index in [2.05, 4.69) is 164 Å². The lowest BCUT2D eigenvalue weighted by atomic mass is 9.91. The Kier molecular flexibility index (Phi) is 8.80. The van der Waals surface area contributed by atoms with E-state index in [-0.39, 0.29) is 0 Å². The first-order valence-electron chi connectivity index (χ1n) is 15.0. The van der Waals surface area contributed by atoms with Gasteiger partial charge in [0.15, 0.2) is 0 Å². The second kappa shape index (κ2) is 13.2. The lowest BCUT2D eigenvalue weighted by Gasteiger charge is -2.19.